The van der Waals surface area contributed by atoms with Crippen molar-refractivity contribution >= 4 is 49.8 Å². The Kier molecular flexibility index (Phi) is 6.56. The minimum absolute atomic E-state index is 0.0887. The number of para-hydroxylation sites is 1. The summed E-state index contributed by atoms with van der Waals surface area (Å²) in [5, 5.41) is 4.65. The third-order valence-corrected chi connectivity index (χ3v) is 10.8. The van der Waals surface area contributed by atoms with E-state index in [1.54, 1.807) is 0 Å². The van der Waals surface area contributed by atoms with E-state index >= 15 is 0 Å². The third kappa shape index (κ3) is 4.64. The Labute approximate surface area is 297 Å². The van der Waals surface area contributed by atoms with E-state index in [0.717, 1.165) is 44.6 Å². The molecule has 1 heterocycles. The van der Waals surface area contributed by atoms with Crippen molar-refractivity contribution in [1.82, 2.24) is 0 Å². The molecule has 51 heavy (non-hydrogen) atoms. The predicted octanol–water partition coefficient (Wildman–Crippen LogP) is 13.8. The van der Waals surface area contributed by atoms with Crippen LogP contribution in [0, 0.1) is 0 Å². The number of furan rings is 1. The van der Waals surface area contributed by atoms with Crippen LogP contribution in [0.25, 0.3) is 66.1 Å². The van der Waals surface area contributed by atoms with Gasteiger partial charge in [-0.2, -0.15) is 0 Å². The van der Waals surface area contributed by atoms with Gasteiger partial charge in [0.2, 0.25) is 0 Å². The molecule has 0 amide bonds. The normalized spacial score (nSPS) is 13.1. The number of nitrogens with zero attached hydrogens (tertiary/aromatic N) is 1. The van der Waals surface area contributed by atoms with E-state index in [9.17, 15) is 0 Å². The fraction of sp³-hybridized carbons (Fsp3) is 0.0612. The zero-order chi connectivity index (χ0) is 34.1. The molecule has 0 radical (unpaired) electrons. The van der Waals surface area contributed by atoms with Crippen LogP contribution in [0.3, 0.4) is 0 Å². The van der Waals surface area contributed by atoms with Crippen LogP contribution in [-0.4, -0.2) is 0 Å². The molecule has 0 atom stereocenters. The summed E-state index contributed by atoms with van der Waals surface area (Å²) in [6.45, 7) is 4.69. The molecule has 0 bridgehead atoms. The molecule has 8 aromatic carbocycles. The topological polar surface area (TPSA) is 16.4 Å². The molecule has 2 heteroatoms. The van der Waals surface area contributed by atoms with E-state index in [2.05, 4.69) is 195 Å². The summed E-state index contributed by atoms with van der Waals surface area (Å²) in [5.74, 6) is 0. The summed E-state index contributed by atoms with van der Waals surface area (Å²) in [5.41, 5.74) is 15.1. The Morgan fingerprint density at radius 2 is 1.06 bits per heavy atom. The van der Waals surface area contributed by atoms with Gasteiger partial charge in [-0.1, -0.05) is 135 Å². The van der Waals surface area contributed by atoms with Crippen LogP contribution < -0.4 is 4.90 Å². The summed E-state index contributed by atoms with van der Waals surface area (Å²) in [6, 6.07) is 63.4. The summed E-state index contributed by atoms with van der Waals surface area (Å²) in [6.07, 6.45) is 0. The first kappa shape index (κ1) is 29.5. The van der Waals surface area contributed by atoms with Gasteiger partial charge in [0.15, 0.2) is 0 Å². The molecule has 242 valence electrons. The van der Waals surface area contributed by atoms with Crippen molar-refractivity contribution in [2.24, 2.45) is 0 Å². The molecule has 0 spiro atoms. The third-order valence-electron chi connectivity index (χ3n) is 10.8. The first-order valence-electron chi connectivity index (χ1n) is 17.7. The number of rotatable bonds is 5. The lowest BCUT2D eigenvalue weighted by Crippen LogP contribution is -2.14. The highest BCUT2D eigenvalue weighted by molar-refractivity contribution is 6.18. The second-order valence-electron chi connectivity index (χ2n) is 14.1. The smallest absolute Gasteiger partial charge is 0.143 e. The van der Waals surface area contributed by atoms with Gasteiger partial charge >= 0.3 is 0 Å². The fourth-order valence-electron chi connectivity index (χ4n) is 8.31. The Morgan fingerprint density at radius 3 is 1.88 bits per heavy atom. The monoisotopic (exact) mass is 653 g/mol. The molecule has 1 aliphatic rings. The van der Waals surface area contributed by atoms with Gasteiger partial charge < -0.3 is 9.32 Å². The summed E-state index contributed by atoms with van der Waals surface area (Å²) in [7, 11) is 0. The molecule has 0 unspecified atom stereocenters. The first-order valence-corrected chi connectivity index (χ1v) is 17.7. The van der Waals surface area contributed by atoms with E-state index in [0.29, 0.717) is 0 Å². The zero-order valence-electron chi connectivity index (χ0n) is 28.6. The number of hydrogen-bond donors (Lipinski definition) is 0. The van der Waals surface area contributed by atoms with Gasteiger partial charge in [0.05, 0.1) is 0 Å². The van der Waals surface area contributed by atoms with E-state index in [1.165, 1.54) is 49.7 Å². The molecule has 0 fully saturated rings. The van der Waals surface area contributed by atoms with Crippen molar-refractivity contribution in [1.29, 1.82) is 0 Å². The van der Waals surface area contributed by atoms with Crippen LogP contribution in [0.4, 0.5) is 17.1 Å². The highest BCUT2D eigenvalue weighted by Gasteiger charge is 2.35. The Morgan fingerprint density at radius 1 is 0.431 bits per heavy atom. The molecule has 1 aromatic heterocycles. The maximum absolute atomic E-state index is 6.99. The second kappa shape index (κ2) is 11.3. The van der Waals surface area contributed by atoms with Gasteiger partial charge in [0.1, 0.15) is 11.2 Å². The van der Waals surface area contributed by atoms with Crippen LogP contribution in [0.5, 0.6) is 0 Å². The van der Waals surface area contributed by atoms with Crippen molar-refractivity contribution in [2.75, 3.05) is 4.90 Å². The Bertz CT molecular complexity index is 2760. The van der Waals surface area contributed by atoms with E-state index in [1.807, 2.05) is 0 Å². The predicted molar refractivity (Wildman–Crippen MR) is 214 cm³/mol. The zero-order valence-corrected chi connectivity index (χ0v) is 28.6. The Hall–Kier alpha value is -6.38. The number of anilines is 3. The van der Waals surface area contributed by atoms with E-state index in [4.69, 9.17) is 4.42 Å². The van der Waals surface area contributed by atoms with Crippen LogP contribution in [-0.2, 0) is 5.41 Å². The lowest BCUT2D eigenvalue weighted by Gasteiger charge is -2.25. The van der Waals surface area contributed by atoms with Gasteiger partial charge in [-0.15, -0.1) is 0 Å². The standard InChI is InChI=1S/C49H35NO/c1-49(2)44-20-12-11-19-40(44)41-27-23-35(30-45(41)49)47-39-18-10-9-15-34(39)29-43-42-28-26-38(31-46(42)51-48(43)47)50(36-16-7-4-8-17-36)37-24-21-33(22-25-37)32-13-5-3-6-14-32/h3-31H,1-2H3. The summed E-state index contributed by atoms with van der Waals surface area (Å²) < 4.78 is 6.99. The van der Waals surface area contributed by atoms with Crippen molar-refractivity contribution < 1.29 is 4.42 Å². The van der Waals surface area contributed by atoms with Gasteiger partial charge in [0, 0.05) is 44.9 Å². The highest BCUT2D eigenvalue weighted by atomic mass is 16.3. The van der Waals surface area contributed by atoms with Crippen molar-refractivity contribution in [3.8, 4) is 33.4 Å². The molecular weight excluding hydrogens is 619 g/mol. The molecule has 0 N–H and O–H groups in total. The number of hydrogen-bond acceptors (Lipinski definition) is 2. The van der Waals surface area contributed by atoms with Crippen LogP contribution >= 0.6 is 0 Å². The molecule has 0 saturated heterocycles. The lowest BCUT2D eigenvalue weighted by atomic mass is 9.81. The van der Waals surface area contributed by atoms with Gasteiger partial charge in [-0.3, -0.25) is 0 Å². The molecule has 9 aromatic rings. The van der Waals surface area contributed by atoms with Gasteiger partial charge in [0.25, 0.3) is 0 Å². The minimum atomic E-state index is -0.0887. The lowest BCUT2D eigenvalue weighted by molar-refractivity contribution is 0.660. The van der Waals surface area contributed by atoms with Gasteiger partial charge in [-0.05, 0) is 98.2 Å². The molecule has 10 rings (SSSR count). The van der Waals surface area contributed by atoms with E-state index in [-0.39, 0.29) is 5.41 Å². The van der Waals surface area contributed by atoms with E-state index < -0.39 is 0 Å². The first-order chi connectivity index (χ1) is 25.0. The fourth-order valence-corrected chi connectivity index (χ4v) is 8.31. The summed E-state index contributed by atoms with van der Waals surface area (Å²) in [4.78, 5) is 2.30. The van der Waals surface area contributed by atoms with Crippen molar-refractivity contribution in [3.63, 3.8) is 0 Å². The maximum Gasteiger partial charge on any atom is 0.143 e. The number of fused-ring (bicyclic) bond motifs is 7. The van der Waals surface area contributed by atoms with Crippen LogP contribution in [0.1, 0.15) is 25.0 Å². The second-order valence-corrected chi connectivity index (χ2v) is 14.1. The van der Waals surface area contributed by atoms with Crippen LogP contribution in [0.2, 0.25) is 0 Å². The quantitative estimate of drug-likeness (QED) is 0.184. The molecule has 0 saturated carbocycles. The SMILES string of the molecule is CC1(C)c2ccccc2-c2ccc(-c3c4ccccc4cc4c3oc3cc(N(c5ccccc5)c5ccc(-c6ccccc6)cc5)ccc34)cc21. The largest absolute Gasteiger partial charge is 0.455 e. The highest BCUT2D eigenvalue weighted by Crippen LogP contribution is 2.51. The number of benzene rings is 8. The average molecular weight is 654 g/mol. The van der Waals surface area contributed by atoms with Crippen molar-refractivity contribution in [3.05, 3.63) is 187 Å². The maximum atomic E-state index is 6.99. The van der Waals surface area contributed by atoms with Crippen LogP contribution in [0.15, 0.2) is 180 Å². The minimum Gasteiger partial charge on any atom is -0.455 e. The molecular formula is C49H35NO. The molecule has 2 nitrogen and oxygen atoms in total. The Balaban J connectivity index is 1.15. The molecule has 1 aliphatic carbocycles. The molecule has 0 aliphatic heterocycles. The van der Waals surface area contributed by atoms with Gasteiger partial charge in [-0.25, -0.2) is 0 Å². The average Bonchev–Trinajstić information content (AvgIpc) is 3.65. The summed E-state index contributed by atoms with van der Waals surface area (Å²) >= 11 is 0. The van der Waals surface area contributed by atoms with Crippen molar-refractivity contribution in [2.45, 2.75) is 19.3 Å².